The van der Waals surface area contributed by atoms with Gasteiger partial charge in [-0.2, -0.15) is 0 Å². The van der Waals surface area contributed by atoms with Gasteiger partial charge in [0.15, 0.2) is 0 Å². The van der Waals surface area contributed by atoms with Crippen molar-refractivity contribution in [3.63, 3.8) is 0 Å². The molecule has 20 heavy (non-hydrogen) atoms. The second-order valence-corrected chi connectivity index (χ2v) is 6.33. The zero-order chi connectivity index (χ0) is 15.2. The highest BCUT2D eigenvalue weighted by Gasteiger charge is 2.15. The molecule has 0 aromatic heterocycles. The van der Waals surface area contributed by atoms with Crippen LogP contribution in [0.15, 0.2) is 27.6 Å². The van der Waals surface area contributed by atoms with Crippen LogP contribution < -0.4 is 15.2 Å². The first kappa shape index (κ1) is 16.9. The van der Waals surface area contributed by atoms with Crippen molar-refractivity contribution in [3.8, 4) is 5.75 Å². The van der Waals surface area contributed by atoms with E-state index in [1.165, 1.54) is 19.2 Å². The number of carbonyl (C=O) groups excluding carboxylic acids is 1. The van der Waals surface area contributed by atoms with Crippen LogP contribution in [0, 0.1) is 0 Å². The molecule has 1 amide bonds. The highest BCUT2D eigenvalue weighted by Crippen LogP contribution is 2.27. The number of primary amides is 1. The van der Waals surface area contributed by atoms with Crippen molar-refractivity contribution in [2.45, 2.75) is 4.90 Å². The zero-order valence-corrected chi connectivity index (χ0v) is 13.2. The van der Waals surface area contributed by atoms with Gasteiger partial charge in [0.2, 0.25) is 15.9 Å². The first-order chi connectivity index (χ1) is 9.36. The molecular formula is C11H15BrN2O5S. The van der Waals surface area contributed by atoms with Gasteiger partial charge in [-0.05, 0) is 34.1 Å². The summed E-state index contributed by atoms with van der Waals surface area (Å²) in [6.45, 7) is -0.144. The summed E-state index contributed by atoms with van der Waals surface area (Å²) in [5, 5.41) is 0. The van der Waals surface area contributed by atoms with Gasteiger partial charge in [0.25, 0.3) is 0 Å². The van der Waals surface area contributed by atoms with Crippen LogP contribution in [0.5, 0.6) is 5.75 Å². The Morgan fingerprint density at radius 1 is 1.45 bits per heavy atom. The summed E-state index contributed by atoms with van der Waals surface area (Å²) in [7, 11) is -2.15. The third-order valence-electron chi connectivity index (χ3n) is 2.22. The predicted molar refractivity (Wildman–Crippen MR) is 75.9 cm³/mol. The molecule has 9 heteroatoms. The van der Waals surface area contributed by atoms with Crippen LogP contribution in [0.25, 0.3) is 0 Å². The largest absolute Gasteiger partial charge is 0.496 e. The molecule has 0 bridgehead atoms. The third kappa shape index (κ3) is 5.08. The van der Waals surface area contributed by atoms with Crippen LogP contribution >= 0.6 is 15.9 Å². The van der Waals surface area contributed by atoms with Crippen molar-refractivity contribution < 1.29 is 22.7 Å². The Morgan fingerprint density at radius 2 is 2.15 bits per heavy atom. The molecule has 3 N–H and O–H groups in total. The monoisotopic (exact) mass is 366 g/mol. The number of ether oxygens (including phenoxy) is 2. The SMILES string of the molecule is COc1ccc(S(=O)(=O)NCCOCC(N)=O)cc1Br. The Kier molecular flexibility index (Phi) is 6.40. The smallest absolute Gasteiger partial charge is 0.243 e. The number of nitrogens with one attached hydrogen (secondary N) is 1. The van der Waals surface area contributed by atoms with Crippen LogP contribution in [-0.2, 0) is 19.6 Å². The summed E-state index contributed by atoms with van der Waals surface area (Å²) in [5.41, 5.74) is 4.88. The maximum atomic E-state index is 12.0. The lowest BCUT2D eigenvalue weighted by Crippen LogP contribution is -2.29. The summed E-state index contributed by atoms with van der Waals surface area (Å²) in [6, 6.07) is 4.41. The second kappa shape index (κ2) is 7.58. The van der Waals surface area contributed by atoms with Gasteiger partial charge in [-0.1, -0.05) is 0 Å². The van der Waals surface area contributed by atoms with E-state index in [2.05, 4.69) is 20.7 Å². The molecule has 1 aromatic rings. The Bertz CT molecular complexity index is 576. The number of sulfonamides is 1. The number of amides is 1. The third-order valence-corrected chi connectivity index (χ3v) is 4.29. The Hall–Kier alpha value is -1.16. The van der Waals surface area contributed by atoms with Crippen LogP contribution in [0.3, 0.4) is 0 Å². The van der Waals surface area contributed by atoms with Crippen LogP contribution in [0.4, 0.5) is 0 Å². The van der Waals surface area contributed by atoms with Crippen LogP contribution in [-0.4, -0.2) is 41.2 Å². The minimum absolute atomic E-state index is 0.0409. The van der Waals surface area contributed by atoms with E-state index in [1.54, 1.807) is 6.07 Å². The number of halogens is 1. The van der Waals surface area contributed by atoms with E-state index >= 15 is 0 Å². The lowest BCUT2D eigenvalue weighted by atomic mass is 10.3. The molecule has 0 saturated heterocycles. The number of hydrogen-bond donors (Lipinski definition) is 2. The normalized spacial score (nSPS) is 11.3. The van der Waals surface area contributed by atoms with Crippen molar-refractivity contribution in [2.75, 3.05) is 26.9 Å². The van der Waals surface area contributed by atoms with Gasteiger partial charge in [0.1, 0.15) is 12.4 Å². The molecule has 0 unspecified atom stereocenters. The van der Waals surface area contributed by atoms with E-state index in [0.29, 0.717) is 10.2 Å². The molecule has 0 aliphatic carbocycles. The van der Waals surface area contributed by atoms with Gasteiger partial charge >= 0.3 is 0 Å². The molecule has 0 radical (unpaired) electrons. The molecule has 0 aliphatic heterocycles. The van der Waals surface area contributed by atoms with Gasteiger partial charge < -0.3 is 15.2 Å². The number of carbonyl (C=O) groups is 1. The standard InChI is InChI=1S/C11H15BrN2O5S/c1-18-10-3-2-8(6-9(10)12)20(16,17)14-4-5-19-7-11(13)15/h2-3,6,14H,4-5,7H2,1H3,(H2,13,15). The fourth-order valence-corrected chi connectivity index (χ4v) is 3.05. The van der Waals surface area contributed by atoms with E-state index in [9.17, 15) is 13.2 Å². The zero-order valence-electron chi connectivity index (χ0n) is 10.8. The molecule has 0 atom stereocenters. The maximum absolute atomic E-state index is 12.0. The van der Waals surface area contributed by atoms with Crippen molar-refractivity contribution in [2.24, 2.45) is 5.73 Å². The minimum atomic E-state index is -3.64. The molecule has 1 rings (SSSR count). The van der Waals surface area contributed by atoms with Gasteiger partial charge in [0.05, 0.1) is 23.1 Å². The van der Waals surface area contributed by atoms with Gasteiger partial charge in [0, 0.05) is 6.54 Å². The fourth-order valence-electron chi connectivity index (χ4n) is 1.32. The quantitative estimate of drug-likeness (QED) is 0.640. The second-order valence-electron chi connectivity index (χ2n) is 3.71. The summed E-state index contributed by atoms with van der Waals surface area (Å²) in [6.07, 6.45) is 0. The molecular weight excluding hydrogens is 352 g/mol. The number of methoxy groups -OCH3 is 1. The maximum Gasteiger partial charge on any atom is 0.243 e. The van der Waals surface area contributed by atoms with E-state index in [-0.39, 0.29) is 24.7 Å². The average Bonchev–Trinajstić information content (AvgIpc) is 2.37. The predicted octanol–water partition coefficient (Wildman–Crippen LogP) is 0.238. The lowest BCUT2D eigenvalue weighted by Gasteiger charge is -2.09. The molecule has 0 aliphatic rings. The highest BCUT2D eigenvalue weighted by molar-refractivity contribution is 9.10. The van der Waals surface area contributed by atoms with Crippen LogP contribution in [0.2, 0.25) is 0 Å². The molecule has 0 heterocycles. The van der Waals surface area contributed by atoms with E-state index in [4.69, 9.17) is 15.2 Å². The number of nitrogens with two attached hydrogens (primary N) is 1. The number of rotatable bonds is 8. The first-order valence-electron chi connectivity index (χ1n) is 5.56. The summed E-state index contributed by atoms with van der Waals surface area (Å²) >= 11 is 3.22. The topological polar surface area (TPSA) is 108 Å². The summed E-state index contributed by atoms with van der Waals surface area (Å²) in [4.78, 5) is 10.5. The number of benzene rings is 1. The van der Waals surface area contributed by atoms with Crippen LogP contribution in [0.1, 0.15) is 0 Å². The molecule has 112 valence electrons. The Labute approximate surface area is 125 Å². The molecule has 0 saturated carbocycles. The minimum Gasteiger partial charge on any atom is -0.496 e. The van der Waals surface area contributed by atoms with Gasteiger partial charge in [-0.25, -0.2) is 13.1 Å². The summed E-state index contributed by atoms with van der Waals surface area (Å²) < 4.78 is 36.7. The van der Waals surface area contributed by atoms with Crippen molar-refractivity contribution in [1.82, 2.24) is 4.72 Å². The van der Waals surface area contributed by atoms with Crippen molar-refractivity contribution in [1.29, 1.82) is 0 Å². The highest BCUT2D eigenvalue weighted by atomic mass is 79.9. The van der Waals surface area contributed by atoms with Crippen molar-refractivity contribution in [3.05, 3.63) is 22.7 Å². The van der Waals surface area contributed by atoms with Gasteiger partial charge in [-0.15, -0.1) is 0 Å². The average molecular weight is 367 g/mol. The summed E-state index contributed by atoms with van der Waals surface area (Å²) in [5.74, 6) is -0.0688. The lowest BCUT2D eigenvalue weighted by molar-refractivity contribution is -0.122. The van der Waals surface area contributed by atoms with Crippen molar-refractivity contribution >= 4 is 31.9 Å². The molecule has 7 nitrogen and oxygen atoms in total. The number of hydrogen-bond acceptors (Lipinski definition) is 5. The molecule has 0 spiro atoms. The Morgan fingerprint density at radius 3 is 2.70 bits per heavy atom. The van der Waals surface area contributed by atoms with E-state index in [0.717, 1.165) is 0 Å². The Balaban J connectivity index is 2.60. The first-order valence-corrected chi connectivity index (χ1v) is 7.83. The van der Waals surface area contributed by atoms with E-state index in [1.807, 2.05) is 0 Å². The van der Waals surface area contributed by atoms with E-state index < -0.39 is 15.9 Å². The van der Waals surface area contributed by atoms with Gasteiger partial charge in [-0.3, -0.25) is 4.79 Å². The molecule has 0 fully saturated rings. The molecule has 1 aromatic carbocycles. The fraction of sp³-hybridized carbons (Fsp3) is 0.364.